The van der Waals surface area contributed by atoms with E-state index in [-0.39, 0.29) is 17.5 Å². The van der Waals surface area contributed by atoms with Gasteiger partial charge in [-0.3, -0.25) is 4.68 Å². The fraction of sp³-hybridized carbons (Fsp3) is 0.667. The van der Waals surface area contributed by atoms with Crippen molar-refractivity contribution in [2.75, 3.05) is 7.11 Å². The summed E-state index contributed by atoms with van der Waals surface area (Å²) >= 11 is 0. The zero-order chi connectivity index (χ0) is 11.6. The van der Waals surface area contributed by atoms with Gasteiger partial charge in [0.1, 0.15) is 5.69 Å². The fourth-order valence-electron chi connectivity index (χ4n) is 1.33. The quantitative estimate of drug-likeness (QED) is 0.841. The number of aromatic nitrogens is 2. The van der Waals surface area contributed by atoms with Crippen LogP contribution in [0.4, 0.5) is 8.78 Å². The van der Waals surface area contributed by atoms with Crippen LogP contribution in [0.2, 0.25) is 0 Å². The minimum absolute atomic E-state index is 0.0162. The van der Waals surface area contributed by atoms with Crippen molar-refractivity contribution in [1.82, 2.24) is 9.78 Å². The van der Waals surface area contributed by atoms with Gasteiger partial charge in [-0.1, -0.05) is 0 Å². The molecule has 0 aromatic carbocycles. The predicted octanol–water partition coefficient (Wildman–Crippen LogP) is 1.77. The van der Waals surface area contributed by atoms with Crippen molar-refractivity contribution in [1.29, 1.82) is 0 Å². The molecule has 0 aliphatic rings. The third kappa shape index (κ3) is 2.26. The summed E-state index contributed by atoms with van der Waals surface area (Å²) in [7, 11) is 1.35. The first-order valence-electron chi connectivity index (χ1n) is 4.56. The molecule has 86 valence electrons. The smallest absolute Gasteiger partial charge is 0.269 e. The summed E-state index contributed by atoms with van der Waals surface area (Å²) in [5.74, 6) is 0.177. The van der Waals surface area contributed by atoms with E-state index in [2.05, 4.69) is 5.10 Å². The number of alkyl halides is 2. The first-order valence-corrected chi connectivity index (χ1v) is 4.56. The van der Waals surface area contributed by atoms with E-state index in [1.807, 2.05) is 0 Å². The highest BCUT2D eigenvalue weighted by Crippen LogP contribution is 2.30. The van der Waals surface area contributed by atoms with E-state index in [1.54, 1.807) is 13.8 Å². The molecule has 1 aromatic rings. The van der Waals surface area contributed by atoms with Crippen molar-refractivity contribution in [3.05, 3.63) is 11.9 Å². The van der Waals surface area contributed by atoms with Gasteiger partial charge in [0.05, 0.1) is 13.3 Å². The van der Waals surface area contributed by atoms with Crippen LogP contribution in [0.25, 0.3) is 0 Å². The van der Waals surface area contributed by atoms with Crippen LogP contribution in [0.5, 0.6) is 5.75 Å². The molecule has 15 heavy (non-hydrogen) atoms. The van der Waals surface area contributed by atoms with E-state index in [1.165, 1.54) is 18.0 Å². The Morgan fingerprint density at radius 2 is 2.07 bits per heavy atom. The van der Waals surface area contributed by atoms with Crippen molar-refractivity contribution in [2.24, 2.45) is 0 Å². The van der Waals surface area contributed by atoms with Crippen LogP contribution in [-0.2, 0) is 0 Å². The fourth-order valence-corrected chi connectivity index (χ4v) is 1.33. The number of methoxy groups -OCH3 is 1. The minimum atomic E-state index is -2.85. The molecule has 0 spiro atoms. The van der Waals surface area contributed by atoms with E-state index in [4.69, 9.17) is 4.74 Å². The van der Waals surface area contributed by atoms with Crippen LogP contribution in [0.3, 0.4) is 0 Å². The molecule has 0 aliphatic carbocycles. The third-order valence-corrected chi connectivity index (χ3v) is 2.03. The van der Waals surface area contributed by atoms with Crippen LogP contribution in [0, 0.1) is 0 Å². The van der Waals surface area contributed by atoms with Gasteiger partial charge < -0.3 is 9.84 Å². The lowest BCUT2D eigenvalue weighted by atomic mass is 10.2. The molecule has 0 saturated heterocycles. The topological polar surface area (TPSA) is 47.3 Å². The Hall–Kier alpha value is -1.17. The number of aliphatic hydroxyl groups is 1. The number of aliphatic hydroxyl groups excluding tert-OH is 1. The predicted molar refractivity (Wildman–Crippen MR) is 50.1 cm³/mol. The standard InChI is InChI=1S/C9H14F2N2O2/c1-5(2)13-7(8(14)9(10)11)6(15-3)4-12-13/h4-5,8-9,14H,1-3H3. The van der Waals surface area contributed by atoms with Crippen LogP contribution >= 0.6 is 0 Å². The van der Waals surface area contributed by atoms with Gasteiger partial charge in [-0.25, -0.2) is 8.78 Å². The molecule has 4 nitrogen and oxygen atoms in total. The molecule has 1 N–H and O–H groups in total. The largest absolute Gasteiger partial charge is 0.493 e. The monoisotopic (exact) mass is 220 g/mol. The Balaban J connectivity index is 3.15. The number of halogens is 2. The van der Waals surface area contributed by atoms with Crippen molar-refractivity contribution in [3.8, 4) is 5.75 Å². The zero-order valence-corrected chi connectivity index (χ0v) is 8.82. The maximum absolute atomic E-state index is 12.4. The van der Waals surface area contributed by atoms with E-state index in [0.29, 0.717) is 0 Å². The molecule has 1 heterocycles. The minimum Gasteiger partial charge on any atom is -0.493 e. The summed E-state index contributed by atoms with van der Waals surface area (Å²) in [5.41, 5.74) is 0.0162. The lowest BCUT2D eigenvalue weighted by molar-refractivity contribution is -0.0125. The number of hydrogen-bond acceptors (Lipinski definition) is 3. The van der Waals surface area contributed by atoms with Gasteiger partial charge in [0, 0.05) is 6.04 Å². The molecule has 0 radical (unpaired) electrons. The van der Waals surface area contributed by atoms with E-state index >= 15 is 0 Å². The van der Waals surface area contributed by atoms with Gasteiger partial charge in [-0.2, -0.15) is 5.10 Å². The second kappa shape index (κ2) is 4.57. The van der Waals surface area contributed by atoms with E-state index in [9.17, 15) is 13.9 Å². The first-order chi connectivity index (χ1) is 6.99. The van der Waals surface area contributed by atoms with Gasteiger partial charge in [-0.05, 0) is 13.8 Å². The normalized spacial score (nSPS) is 13.6. The van der Waals surface area contributed by atoms with Crippen molar-refractivity contribution < 1.29 is 18.6 Å². The van der Waals surface area contributed by atoms with Crippen LogP contribution in [0.15, 0.2) is 6.20 Å². The van der Waals surface area contributed by atoms with Crippen molar-refractivity contribution in [3.63, 3.8) is 0 Å². The molecule has 0 fully saturated rings. The number of ether oxygens (including phenoxy) is 1. The molecule has 1 atom stereocenters. The van der Waals surface area contributed by atoms with Crippen molar-refractivity contribution >= 4 is 0 Å². The number of hydrogen-bond donors (Lipinski definition) is 1. The SMILES string of the molecule is COc1cnn(C(C)C)c1C(O)C(F)F. The summed E-state index contributed by atoms with van der Waals surface area (Å²) in [6.45, 7) is 3.57. The Morgan fingerprint density at radius 3 is 2.47 bits per heavy atom. The lowest BCUT2D eigenvalue weighted by Gasteiger charge is -2.16. The third-order valence-electron chi connectivity index (χ3n) is 2.03. The zero-order valence-electron chi connectivity index (χ0n) is 8.82. The Kier molecular flexibility index (Phi) is 3.62. The van der Waals surface area contributed by atoms with Crippen molar-refractivity contribution in [2.45, 2.75) is 32.4 Å². The summed E-state index contributed by atoms with van der Waals surface area (Å²) in [5, 5.41) is 13.2. The van der Waals surface area contributed by atoms with Gasteiger partial charge in [-0.15, -0.1) is 0 Å². The first kappa shape index (κ1) is 11.9. The molecular formula is C9H14F2N2O2. The molecule has 0 amide bonds. The Bertz CT molecular complexity index is 326. The summed E-state index contributed by atoms with van der Waals surface area (Å²) in [4.78, 5) is 0. The summed E-state index contributed by atoms with van der Waals surface area (Å²) < 4.78 is 31.0. The molecule has 0 bridgehead atoms. The maximum Gasteiger partial charge on any atom is 0.269 e. The Labute approximate surface area is 86.5 Å². The highest BCUT2D eigenvalue weighted by molar-refractivity contribution is 5.28. The summed E-state index contributed by atoms with van der Waals surface area (Å²) in [6, 6.07) is -0.114. The summed E-state index contributed by atoms with van der Waals surface area (Å²) in [6.07, 6.45) is -3.40. The number of rotatable bonds is 4. The maximum atomic E-state index is 12.4. The molecule has 0 aliphatic heterocycles. The molecule has 6 heteroatoms. The average molecular weight is 220 g/mol. The molecular weight excluding hydrogens is 206 g/mol. The molecule has 1 unspecified atom stereocenters. The molecule has 1 rings (SSSR count). The van der Waals surface area contributed by atoms with Gasteiger partial charge in [0.2, 0.25) is 0 Å². The molecule has 0 saturated carbocycles. The van der Waals surface area contributed by atoms with Crippen LogP contribution in [0.1, 0.15) is 31.7 Å². The van der Waals surface area contributed by atoms with E-state index < -0.39 is 12.5 Å². The average Bonchev–Trinajstić information content (AvgIpc) is 2.59. The second-order valence-corrected chi connectivity index (χ2v) is 3.42. The van der Waals surface area contributed by atoms with Gasteiger partial charge in [0.15, 0.2) is 11.9 Å². The Morgan fingerprint density at radius 1 is 1.47 bits per heavy atom. The highest BCUT2D eigenvalue weighted by Gasteiger charge is 2.28. The number of nitrogens with zero attached hydrogens (tertiary/aromatic N) is 2. The molecule has 1 aromatic heterocycles. The van der Waals surface area contributed by atoms with E-state index in [0.717, 1.165) is 0 Å². The lowest BCUT2D eigenvalue weighted by Crippen LogP contribution is -2.17. The van der Waals surface area contributed by atoms with Crippen LogP contribution in [-0.4, -0.2) is 28.4 Å². The van der Waals surface area contributed by atoms with Crippen LogP contribution < -0.4 is 4.74 Å². The second-order valence-electron chi connectivity index (χ2n) is 3.42. The van der Waals surface area contributed by atoms with Gasteiger partial charge in [0.25, 0.3) is 6.43 Å². The highest BCUT2D eigenvalue weighted by atomic mass is 19.3. The van der Waals surface area contributed by atoms with Gasteiger partial charge >= 0.3 is 0 Å².